The molecule has 174 valence electrons. The van der Waals surface area contributed by atoms with E-state index in [-0.39, 0.29) is 41.2 Å². The van der Waals surface area contributed by atoms with Gasteiger partial charge < -0.3 is 19.2 Å². The number of carbonyl (C=O) groups excluding carboxylic acids is 3. The van der Waals surface area contributed by atoms with Crippen molar-refractivity contribution in [1.82, 2.24) is 10.2 Å². The van der Waals surface area contributed by atoms with E-state index in [2.05, 4.69) is 10.1 Å². The topological polar surface area (TPSA) is 98.1 Å². The molecule has 0 spiro atoms. The van der Waals surface area contributed by atoms with Gasteiger partial charge in [-0.25, -0.2) is 14.0 Å². The minimum absolute atomic E-state index is 0.000798. The predicted octanol–water partition coefficient (Wildman–Crippen LogP) is 4.53. The first-order chi connectivity index (χ1) is 16.4. The first-order valence-corrected chi connectivity index (χ1v) is 10.4. The van der Waals surface area contributed by atoms with E-state index >= 15 is 0 Å². The third-order valence-electron chi connectivity index (χ3n) is 4.93. The lowest BCUT2D eigenvalue weighted by Crippen LogP contribution is -2.30. The van der Waals surface area contributed by atoms with E-state index in [1.54, 1.807) is 36.4 Å². The molecule has 1 saturated heterocycles. The molecular weight excluding hydrogens is 467 g/mol. The van der Waals surface area contributed by atoms with E-state index in [0.29, 0.717) is 16.9 Å². The summed E-state index contributed by atoms with van der Waals surface area (Å²) in [5.74, 6) is -1.07. The van der Waals surface area contributed by atoms with Gasteiger partial charge in [0, 0.05) is 5.56 Å². The summed E-state index contributed by atoms with van der Waals surface area (Å²) in [6.45, 7) is -0.163. The van der Waals surface area contributed by atoms with Gasteiger partial charge in [0.15, 0.2) is 0 Å². The molecule has 2 aromatic carbocycles. The number of nitrogens with zero attached hydrogens (tertiary/aromatic N) is 1. The van der Waals surface area contributed by atoms with Gasteiger partial charge in [-0.3, -0.25) is 9.69 Å². The number of hydrogen-bond donors (Lipinski definition) is 1. The molecule has 3 amide bonds. The zero-order valence-electron chi connectivity index (χ0n) is 17.8. The molecule has 0 bridgehead atoms. The maximum atomic E-state index is 13.8. The average molecular weight is 485 g/mol. The molecule has 10 heteroatoms. The van der Waals surface area contributed by atoms with Crippen LogP contribution in [0.25, 0.3) is 6.08 Å². The molecule has 0 saturated carbocycles. The smallest absolute Gasteiger partial charge is 0.373 e. The van der Waals surface area contributed by atoms with Crippen molar-refractivity contribution in [1.29, 1.82) is 0 Å². The number of carbonyl (C=O) groups is 3. The number of hydrogen-bond acceptors (Lipinski definition) is 6. The van der Waals surface area contributed by atoms with Crippen molar-refractivity contribution in [3.05, 3.63) is 93.8 Å². The minimum atomic E-state index is -0.665. The summed E-state index contributed by atoms with van der Waals surface area (Å²) >= 11 is 6.28. The van der Waals surface area contributed by atoms with Gasteiger partial charge in [-0.05, 0) is 42.0 Å². The third kappa shape index (κ3) is 4.94. The van der Waals surface area contributed by atoms with Crippen LogP contribution in [0.15, 0.2) is 64.7 Å². The molecule has 0 radical (unpaired) electrons. The number of amides is 3. The molecule has 1 aliphatic heterocycles. The molecule has 3 aromatic rings. The Kier molecular flexibility index (Phi) is 6.65. The van der Waals surface area contributed by atoms with Gasteiger partial charge in [0.05, 0.1) is 18.7 Å². The number of furan rings is 1. The van der Waals surface area contributed by atoms with Gasteiger partial charge >= 0.3 is 12.0 Å². The predicted molar refractivity (Wildman–Crippen MR) is 119 cm³/mol. The summed E-state index contributed by atoms with van der Waals surface area (Å²) in [6, 6.07) is 13.3. The van der Waals surface area contributed by atoms with Gasteiger partial charge in [0.2, 0.25) is 5.76 Å². The Bertz CT molecular complexity index is 1300. The lowest BCUT2D eigenvalue weighted by Gasteiger charge is -2.10. The van der Waals surface area contributed by atoms with Crippen molar-refractivity contribution in [2.45, 2.75) is 13.2 Å². The molecule has 8 nitrogen and oxygen atoms in total. The van der Waals surface area contributed by atoms with E-state index in [4.69, 9.17) is 20.8 Å². The molecule has 0 atom stereocenters. The summed E-state index contributed by atoms with van der Waals surface area (Å²) in [7, 11) is 1.22. The van der Waals surface area contributed by atoms with Gasteiger partial charge in [0.25, 0.3) is 5.91 Å². The van der Waals surface area contributed by atoms with Crippen molar-refractivity contribution in [3.8, 4) is 5.75 Å². The number of halogens is 2. The van der Waals surface area contributed by atoms with Crippen molar-refractivity contribution in [3.63, 3.8) is 0 Å². The van der Waals surface area contributed by atoms with Crippen LogP contribution < -0.4 is 10.1 Å². The van der Waals surface area contributed by atoms with Crippen LogP contribution >= 0.6 is 11.6 Å². The molecule has 2 heterocycles. The number of methoxy groups -OCH3 is 1. The highest BCUT2D eigenvalue weighted by molar-refractivity contribution is 6.32. The Morgan fingerprint density at radius 1 is 1.18 bits per heavy atom. The van der Waals surface area contributed by atoms with E-state index in [1.165, 1.54) is 31.4 Å². The Balaban J connectivity index is 1.44. The number of benzene rings is 2. The summed E-state index contributed by atoms with van der Waals surface area (Å²) in [4.78, 5) is 37.5. The lowest BCUT2D eigenvalue weighted by molar-refractivity contribution is -0.123. The van der Waals surface area contributed by atoms with Crippen LogP contribution in [0.2, 0.25) is 5.02 Å². The first kappa shape index (κ1) is 23.1. The van der Waals surface area contributed by atoms with Crippen molar-refractivity contribution in [2.24, 2.45) is 0 Å². The molecular formula is C24H18ClFN2O6. The Morgan fingerprint density at radius 2 is 1.97 bits per heavy atom. The monoisotopic (exact) mass is 484 g/mol. The molecule has 1 aromatic heterocycles. The van der Waals surface area contributed by atoms with Crippen molar-refractivity contribution >= 4 is 35.6 Å². The van der Waals surface area contributed by atoms with Crippen molar-refractivity contribution < 1.29 is 32.7 Å². The minimum Gasteiger partial charge on any atom is -0.487 e. The van der Waals surface area contributed by atoms with Gasteiger partial charge in [-0.2, -0.15) is 0 Å². The maximum Gasteiger partial charge on any atom is 0.373 e. The van der Waals surface area contributed by atoms with Crippen LogP contribution in [0.5, 0.6) is 5.75 Å². The number of nitrogens with one attached hydrogen (secondary N) is 1. The van der Waals surface area contributed by atoms with Crippen LogP contribution in [0.3, 0.4) is 0 Å². The van der Waals surface area contributed by atoms with Crippen molar-refractivity contribution in [2.75, 3.05) is 7.11 Å². The number of imide groups is 1. The van der Waals surface area contributed by atoms with Crippen LogP contribution in [0.4, 0.5) is 9.18 Å². The zero-order valence-corrected chi connectivity index (χ0v) is 18.6. The van der Waals surface area contributed by atoms with Crippen LogP contribution in [-0.4, -0.2) is 29.9 Å². The second-order valence-corrected chi connectivity index (χ2v) is 7.61. The Labute approximate surface area is 198 Å². The van der Waals surface area contributed by atoms with Gasteiger partial charge in [0.1, 0.15) is 29.6 Å². The van der Waals surface area contributed by atoms with Gasteiger partial charge in [-0.1, -0.05) is 35.9 Å². The lowest BCUT2D eigenvalue weighted by atomic mass is 10.1. The fourth-order valence-corrected chi connectivity index (χ4v) is 3.45. The number of ether oxygens (including phenoxy) is 2. The van der Waals surface area contributed by atoms with Crippen LogP contribution in [0, 0.1) is 5.82 Å². The van der Waals surface area contributed by atoms with E-state index in [9.17, 15) is 18.8 Å². The molecule has 1 aliphatic rings. The summed E-state index contributed by atoms with van der Waals surface area (Å²) < 4.78 is 29.2. The average Bonchev–Trinajstić information content (AvgIpc) is 3.39. The highest BCUT2D eigenvalue weighted by Crippen LogP contribution is 2.28. The van der Waals surface area contributed by atoms with Crippen LogP contribution in [-0.2, 0) is 22.7 Å². The quantitative estimate of drug-likeness (QED) is 0.300. The molecule has 0 aliphatic carbocycles. The number of urea groups is 1. The normalized spacial score (nSPS) is 14.4. The molecule has 1 fully saturated rings. The standard InChI is InChI=1S/C24H18ClFN2O6/c1-32-23(30)21-9-7-16(34-21)12-28-22(29)19(27-24(28)31)11-14-6-8-20(17(25)10-14)33-13-15-4-2-3-5-18(15)26/h2-11H,12-13H2,1H3,(H,27,31). The Morgan fingerprint density at radius 3 is 2.71 bits per heavy atom. The number of rotatable bonds is 7. The Hall–Kier alpha value is -4.11. The maximum absolute atomic E-state index is 13.8. The molecule has 4 rings (SSSR count). The van der Waals surface area contributed by atoms with E-state index in [1.807, 2.05) is 0 Å². The summed E-state index contributed by atoms with van der Waals surface area (Å²) in [5.41, 5.74) is 0.972. The highest BCUT2D eigenvalue weighted by atomic mass is 35.5. The molecule has 34 heavy (non-hydrogen) atoms. The second-order valence-electron chi connectivity index (χ2n) is 7.21. The summed E-state index contributed by atoms with van der Waals surface area (Å²) in [6.07, 6.45) is 1.47. The van der Waals surface area contributed by atoms with E-state index in [0.717, 1.165) is 4.90 Å². The zero-order chi connectivity index (χ0) is 24.2. The number of esters is 1. The van der Waals surface area contributed by atoms with Gasteiger partial charge in [-0.15, -0.1) is 0 Å². The summed E-state index contributed by atoms with van der Waals surface area (Å²) in [5, 5.41) is 2.75. The largest absolute Gasteiger partial charge is 0.487 e. The molecule has 0 unspecified atom stereocenters. The first-order valence-electron chi connectivity index (χ1n) is 10.0. The molecule has 1 N–H and O–H groups in total. The second kappa shape index (κ2) is 9.80. The highest BCUT2D eigenvalue weighted by Gasteiger charge is 2.34. The van der Waals surface area contributed by atoms with E-state index < -0.39 is 17.9 Å². The third-order valence-corrected chi connectivity index (χ3v) is 5.23. The fraction of sp³-hybridized carbons (Fsp3) is 0.125. The fourth-order valence-electron chi connectivity index (χ4n) is 3.21. The van der Waals surface area contributed by atoms with Crippen LogP contribution in [0.1, 0.15) is 27.4 Å². The SMILES string of the molecule is COC(=O)c1ccc(CN2C(=O)NC(=Cc3ccc(OCc4ccccc4F)c(Cl)c3)C2=O)o1.